The number of anilines is 1. The zero-order chi connectivity index (χ0) is 19.2. The van der Waals surface area contributed by atoms with Gasteiger partial charge in [0.05, 0.1) is 5.56 Å². The van der Waals surface area contributed by atoms with Gasteiger partial charge in [0.2, 0.25) is 5.13 Å². The van der Waals surface area contributed by atoms with Crippen molar-refractivity contribution < 1.29 is 4.79 Å². The highest BCUT2D eigenvalue weighted by atomic mass is 32.1. The minimum absolute atomic E-state index is 0.151. The lowest BCUT2D eigenvalue weighted by molar-refractivity contribution is 0.102. The van der Waals surface area contributed by atoms with Crippen molar-refractivity contribution in [3.8, 4) is 0 Å². The number of aromatic nitrogens is 5. The van der Waals surface area contributed by atoms with Gasteiger partial charge in [-0.3, -0.25) is 10.1 Å². The summed E-state index contributed by atoms with van der Waals surface area (Å²) in [7, 11) is 0. The van der Waals surface area contributed by atoms with Crippen molar-refractivity contribution in [3.63, 3.8) is 0 Å². The van der Waals surface area contributed by atoms with Crippen molar-refractivity contribution in [2.24, 2.45) is 0 Å². The van der Waals surface area contributed by atoms with Crippen LogP contribution in [0.15, 0.2) is 6.07 Å². The fraction of sp³-hybridized carbons (Fsp3) is 0.526. The van der Waals surface area contributed by atoms with Gasteiger partial charge in [0.1, 0.15) is 17.2 Å². The highest BCUT2D eigenvalue weighted by Crippen LogP contribution is 2.26. The number of pyridine rings is 1. The van der Waals surface area contributed by atoms with E-state index in [2.05, 4.69) is 45.0 Å². The molecule has 4 heterocycles. The first-order valence-electron chi connectivity index (χ1n) is 9.35. The number of amides is 1. The van der Waals surface area contributed by atoms with E-state index < -0.39 is 0 Å². The molecule has 0 spiro atoms. The molecular weight excluding hydrogens is 360 g/mol. The molecular formula is C19H24N6OS. The van der Waals surface area contributed by atoms with Gasteiger partial charge in [-0.15, -0.1) is 0 Å². The zero-order valence-corrected chi connectivity index (χ0v) is 17.0. The Morgan fingerprint density at radius 1 is 1.19 bits per heavy atom. The molecule has 1 amide bonds. The lowest BCUT2D eigenvalue weighted by Gasteiger charge is -2.12. The summed E-state index contributed by atoms with van der Waals surface area (Å²) in [5.41, 5.74) is 2.69. The summed E-state index contributed by atoms with van der Waals surface area (Å²) in [4.78, 5) is 26.9. The van der Waals surface area contributed by atoms with Crippen molar-refractivity contribution in [1.82, 2.24) is 23.9 Å². The van der Waals surface area contributed by atoms with Gasteiger partial charge in [-0.1, -0.05) is 27.2 Å². The van der Waals surface area contributed by atoms with E-state index in [9.17, 15) is 4.79 Å². The van der Waals surface area contributed by atoms with Crippen molar-refractivity contribution in [2.75, 3.05) is 5.32 Å². The van der Waals surface area contributed by atoms with Gasteiger partial charge in [-0.25, -0.2) is 15.0 Å². The Morgan fingerprint density at radius 3 is 2.74 bits per heavy atom. The Kier molecular flexibility index (Phi) is 4.46. The predicted molar refractivity (Wildman–Crippen MR) is 106 cm³/mol. The molecule has 8 heteroatoms. The Hall–Kier alpha value is -2.35. The molecule has 142 valence electrons. The highest BCUT2D eigenvalue weighted by Gasteiger charge is 2.23. The van der Waals surface area contributed by atoms with Crippen LogP contribution in [-0.4, -0.2) is 29.8 Å². The monoisotopic (exact) mass is 384 g/mol. The molecule has 0 unspecified atom stereocenters. The predicted octanol–water partition coefficient (Wildman–Crippen LogP) is 3.87. The van der Waals surface area contributed by atoms with Gasteiger partial charge in [0, 0.05) is 35.6 Å². The molecule has 3 aromatic heterocycles. The number of fused-ring (bicyclic) bond motifs is 3. The maximum Gasteiger partial charge on any atom is 0.259 e. The lowest BCUT2D eigenvalue weighted by Crippen LogP contribution is -2.15. The highest BCUT2D eigenvalue weighted by molar-refractivity contribution is 7.09. The normalized spacial score (nSPS) is 14.8. The maximum absolute atomic E-state index is 13.0. The molecule has 0 fully saturated rings. The van der Waals surface area contributed by atoms with E-state index in [1.54, 1.807) is 6.07 Å². The number of nitrogens with zero attached hydrogens (tertiary/aromatic N) is 5. The molecule has 0 aliphatic carbocycles. The zero-order valence-electron chi connectivity index (χ0n) is 16.2. The van der Waals surface area contributed by atoms with Crippen LogP contribution in [0.5, 0.6) is 0 Å². The molecule has 7 nitrogen and oxygen atoms in total. The number of nitrogens with one attached hydrogen (secondary N) is 1. The fourth-order valence-electron chi connectivity index (χ4n) is 3.33. The molecule has 3 aromatic rings. The van der Waals surface area contributed by atoms with Crippen LogP contribution < -0.4 is 5.32 Å². The first-order chi connectivity index (χ1) is 12.8. The average molecular weight is 385 g/mol. The van der Waals surface area contributed by atoms with Crippen LogP contribution in [0.1, 0.15) is 67.7 Å². The number of rotatable bonds is 2. The molecule has 0 aromatic carbocycles. The summed E-state index contributed by atoms with van der Waals surface area (Å²) in [5.74, 6) is 1.54. The van der Waals surface area contributed by atoms with Gasteiger partial charge in [-0.05, 0) is 25.8 Å². The van der Waals surface area contributed by atoms with Crippen molar-refractivity contribution in [2.45, 2.75) is 65.3 Å². The van der Waals surface area contributed by atoms with Crippen LogP contribution in [-0.2, 0) is 18.4 Å². The third-order valence-electron chi connectivity index (χ3n) is 4.75. The molecule has 0 radical (unpaired) electrons. The maximum atomic E-state index is 13.0. The minimum Gasteiger partial charge on any atom is -0.313 e. The smallest absolute Gasteiger partial charge is 0.259 e. The van der Waals surface area contributed by atoms with Crippen LogP contribution in [0.3, 0.4) is 0 Å². The molecule has 1 N–H and O–H groups in total. The fourth-order valence-corrected chi connectivity index (χ4v) is 4.09. The molecule has 4 rings (SSSR count). The summed E-state index contributed by atoms with van der Waals surface area (Å²) in [6.45, 7) is 8.97. The van der Waals surface area contributed by atoms with Crippen LogP contribution in [0, 0.1) is 6.92 Å². The van der Waals surface area contributed by atoms with E-state index in [4.69, 9.17) is 4.98 Å². The lowest BCUT2D eigenvalue weighted by atomic mass is 9.96. The molecule has 27 heavy (non-hydrogen) atoms. The van der Waals surface area contributed by atoms with Crippen LogP contribution in [0.2, 0.25) is 0 Å². The molecule has 0 saturated heterocycles. The van der Waals surface area contributed by atoms with E-state index in [0.717, 1.165) is 48.8 Å². The third kappa shape index (κ3) is 3.45. The molecule has 0 atom stereocenters. The molecule has 1 aliphatic heterocycles. The summed E-state index contributed by atoms with van der Waals surface area (Å²) >= 11 is 1.20. The Bertz CT molecular complexity index is 1010. The quantitative estimate of drug-likeness (QED) is 0.725. The van der Waals surface area contributed by atoms with E-state index in [1.165, 1.54) is 18.0 Å². The summed E-state index contributed by atoms with van der Waals surface area (Å²) in [5, 5.41) is 3.40. The third-order valence-corrected chi connectivity index (χ3v) is 5.39. The van der Waals surface area contributed by atoms with Gasteiger partial charge < -0.3 is 4.57 Å². The Morgan fingerprint density at radius 2 is 2.00 bits per heavy atom. The number of hydrogen-bond acceptors (Lipinski definition) is 6. The number of imidazole rings is 1. The van der Waals surface area contributed by atoms with Gasteiger partial charge >= 0.3 is 0 Å². The van der Waals surface area contributed by atoms with Crippen LogP contribution in [0.4, 0.5) is 5.13 Å². The van der Waals surface area contributed by atoms with E-state index in [0.29, 0.717) is 16.2 Å². The Labute approximate surface area is 162 Å². The second-order valence-electron chi connectivity index (χ2n) is 8.10. The minimum atomic E-state index is -0.213. The largest absolute Gasteiger partial charge is 0.313 e. The number of carbonyl (C=O) groups is 1. The average Bonchev–Trinajstić information content (AvgIpc) is 3.12. The van der Waals surface area contributed by atoms with Crippen molar-refractivity contribution >= 4 is 33.7 Å². The molecule has 0 saturated carbocycles. The summed E-state index contributed by atoms with van der Waals surface area (Å²) in [6, 6.07) is 1.80. The number of carbonyl (C=O) groups excluding carboxylic acids is 1. The number of aryl methyl sites for hydroxylation is 3. The van der Waals surface area contributed by atoms with Crippen molar-refractivity contribution in [3.05, 3.63) is 29.0 Å². The standard InChI is InChI=1S/C19H24N6OS/c1-11-10-12(16(26)22-18-23-17(24-27-18)19(2,3)4)14-15(20-11)25-9-7-5-6-8-13(25)21-14/h10H,5-9H2,1-4H3,(H,22,23,24,26). The topological polar surface area (TPSA) is 85.6 Å². The van der Waals surface area contributed by atoms with E-state index in [1.807, 2.05) is 6.92 Å². The SMILES string of the molecule is Cc1cc(C(=O)Nc2nc(C(C)(C)C)ns2)c2nc3n(c2n1)CCCCC3. The second kappa shape index (κ2) is 6.67. The van der Waals surface area contributed by atoms with Gasteiger partial charge in [0.25, 0.3) is 5.91 Å². The van der Waals surface area contributed by atoms with Crippen LogP contribution >= 0.6 is 11.5 Å². The summed E-state index contributed by atoms with van der Waals surface area (Å²) in [6.07, 6.45) is 4.39. The van der Waals surface area contributed by atoms with E-state index in [-0.39, 0.29) is 11.3 Å². The van der Waals surface area contributed by atoms with E-state index >= 15 is 0 Å². The Balaban J connectivity index is 1.70. The molecule has 0 bridgehead atoms. The van der Waals surface area contributed by atoms with Crippen LogP contribution in [0.25, 0.3) is 11.2 Å². The van der Waals surface area contributed by atoms with Gasteiger partial charge in [0.15, 0.2) is 5.65 Å². The van der Waals surface area contributed by atoms with Gasteiger partial charge in [-0.2, -0.15) is 4.37 Å². The number of hydrogen-bond donors (Lipinski definition) is 1. The summed E-state index contributed by atoms with van der Waals surface area (Å²) < 4.78 is 6.54. The second-order valence-corrected chi connectivity index (χ2v) is 8.85. The van der Waals surface area contributed by atoms with Crippen molar-refractivity contribution in [1.29, 1.82) is 0 Å². The first-order valence-corrected chi connectivity index (χ1v) is 10.1. The first kappa shape index (κ1) is 18.0. The molecule has 1 aliphatic rings.